The molecule has 0 saturated carbocycles. The molecule has 0 aliphatic carbocycles. The van der Waals surface area contributed by atoms with Crippen LogP contribution in [0.3, 0.4) is 0 Å². The molecule has 7 heteroatoms. The molecule has 0 atom stereocenters. The average Bonchev–Trinajstić information content (AvgIpc) is 2.75. The first-order valence-corrected chi connectivity index (χ1v) is 6.94. The van der Waals surface area contributed by atoms with Gasteiger partial charge in [-0.2, -0.15) is 5.10 Å². The van der Waals surface area contributed by atoms with E-state index in [9.17, 15) is 4.79 Å². The fraction of sp³-hybridized carbons (Fsp3) is 0.286. The predicted molar refractivity (Wildman–Crippen MR) is 85.1 cm³/mol. The van der Waals surface area contributed by atoms with E-state index < -0.39 is 0 Å². The molecule has 1 heterocycles. The number of anilines is 1. The maximum absolute atomic E-state index is 11.9. The number of thiocarbonyl (C=S) groups is 1. The SMILES string of the molecule is Cc1nc(C)n(CCC(=O)Nc2ccc(C(N)=S)cc2)n1. The second-order valence-electron chi connectivity index (χ2n) is 4.67. The zero-order valence-corrected chi connectivity index (χ0v) is 12.8. The van der Waals surface area contributed by atoms with Crippen LogP contribution in [0.5, 0.6) is 0 Å². The molecule has 0 bridgehead atoms. The number of hydrogen-bond donors (Lipinski definition) is 2. The number of carbonyl (C=O) groups excluding carboxylic acids is 1. The van der Waals surface area contributed by atoms with Crippen molar-refractivity contribution in [3.05, 3.63) is 41.5 Å². The van der Waals surface area contributed by atoms with Gasteiger partial charge in [-0.05, 0) is 38.1 Å². The summed E-state index contributed by atoms with van der Waals surface area (Å²) in [5.41, 5.74) is 7.01. The van der Waals surface area contributed by atoms with E-state index in [1.54, 1.807) is 28.9 Å². The fourth-order valence-electron chi connectivity index (χ4n) is 1.92. The summed E-state index contributed by atoms with van der Waals surface area (Å²) >= 11 is 4.88. The zero-order valence-electron chi connectivity index (χ0n) is 12.0. The molecule has 110 valence electrons. The van der Waals surface area contributed by atoms with Gasteiger partial charge in [0.15, 0.2) is 0 Å². The van der Waals surface area contributed by atoms with E-state index in [2.05, 4.69) is 15.4 Å². The molecule has 0 aliphatic heterocycles. The molecule has 21 heavy (non-hydrogen) atoms. The Morgan fingerprint density at radius 1 is 1.33 bits per heavy atom. The lowest BCUT2D eigenvalue weighted by molar-refractivity contribution is -0.116. The number of rotatable bonds is 5. The Kier molecular flexibility index (Phi) is 4.64. The van der Waals surface area contributed by atoms with E-state index in [1.165, 1.54) is 0 Å². The predicted octanol–water partition coefficient (Wildman–Crippen LogP) is 1.56. The second kappa shape index (κ2) is 6.45. The van der Waals surface area contributed by atoms with E-state index in [1.807, 2.05) is 13.8 Å². The van der Waals surface area contributed by atoms with Crippen molar-refractivity contribution >= 4 is 28.8 Å². The van der Waals surface area contributed by atoms with Crippen LogP contribution in [0.1, 0.15) is 23.6 Å². The molecular formula is C14H17N5OS. The Morgan fingerprint density at radius 2 is 2.00 bits per heavy atom. The van der Waals surface area contributed by atoms with Gasteiger partial charge in [0.1, 0.15) is 16.6 Å². The van der Waals surface area contributed by atoms with Gasteiger partial charge < -0.3 is 11.1 Å². The largest absolute Gasteiger partial charge is 0.389 e. The summed E-state index contributed by atoms with van der Waals surface area (Å²) in [7, 11) is 0. The smallest absolute Gasteiger partial charge is 0.226 e. The quantitative estimate of drug-likeness (QED) is 0.819. The van der Waals surface area contributed by atoms with E-state index in [4.69, 9.17) is 18.0 Å². The van der Waals surface area contributed by atoms with Crippen molar-refractivity contribution in [3.63, 3.8) is 0 Å². The van der Waals surface area contributed by atoms with E-state index in [-0.39, 0.29) is 5.91 Å². The highest BCUT2D eigenvalue weighted by atomic mass is 32.1. The van der Waals surface area contributed by atoms with Crippen LogP contribution >= 0.6 is 12.2 Å². The molecule has 2 aromatic rings. The highest BCUT2D eigenvalue weighted by molar-refractivity contribution is 7.80. The molecule has 6 nitrogen and oxygen atoms in total. The van der Waals surface area contributed by atoms with Crippen LogP contribution in [0.25, 0.3) is 0 Å². The Hall–Kier alpha value is -2.28. The third-order valence-electron chi connectivity index (χ3n) is 2.97. The molecule has 0 radical (unpaired) electrons. The lowest BCUT2D eigenvalue weighted by Gasteiger charge is -2.07. The topological polar surface area (TPSA) is 85.8 Å². The van der Waals surface area contributed by atoms with E-state index in [0.29, 0.717) is 29.5 Å². The van der Waals surface area contributed by atoms with Gasteiger partial charge in [-0.15, -0.1) is 0 Å². The van der Waals surface area contributed by atoms with Crippen LogP contribution in [0.2, 0.25) is 0 Å². The number of aryl methyl sites for hydroxylation is 3. The van der Waals surface area contributed by atoms with Crippen molar-refractivity contribution in [1.29, 1.82) is 0 Å². The van der Waals surface area contributed by atoms with Crippen molar-refractivity contribution in [3.8, 4) is 0 Å². The van der Waals surface area contributed by atoms with Crippen molar-refractivity contribution < 1.29 is 4.79 Å². The molecule has 0 unspecified atom stereocenters. The number of nitrogens with zero attached hydrogens (tertiary/aromatic N) is 3. The van der Waals surface area contributed by atoms with Crippen LogP contribution in [-0.4, -0.2) is 25.7 Å². The molecule has 0 aliphatic rings. The minimum atomic E-state index is -0.0781. The van der Waals surface area contributed by atoms with Gasteiger partial charge in [0.05, 0.1) is 6.54 Å². The Morgan fingerprint density at radius 3 is 2.52 bits per heavy atom. The highest BCUT2D eigenvalue weighted by Crippen LogP contribution is 2.10. The lowest BCUT2D eigenvalue weighted by Crippen LogP contribution is -2.16. The first-order chi connectivity index (χ1) is 9.95. The molecule has 1 amide bonds. The van der Waals surface area contributed by atoms with Crippen LogP contribution in [0.15, 0.2) is 24.3 Å². The fourth-order valence-corrected chi connectivity index (χ4v) is 2.06. The minimum absolute atomic E-state index is 0.0781. The molecule has 0 spiro atoms. The lowest BCUT2D eigenvalue weighted by atomic mass is 10.2. The molecule has 1 aromatic carbocycles. The molecule has 1 aromatic heterocycles. The second-order valence-corrected chi connectivity index (χ2v) is 5.11. The first kappa shape index (κ1) is 15.1. The van der Waals surface area contributed by atoms with Crippen LogP contribution in [0, 0.1) is 13.8 Å². The number of hydrogen-bond acceptors (Lipinski definition) is 4. The van der Waals surface area contributed by atoms with Crippen molar-refractivity contribution in [2.24, 2.45) is 5.73 Å². The summed E-state index contributed by atoms with van der Waals surface area (Å²) in [5.74, 6) is 1.44. The number of amides is 1. The van der Waals surface area contributed by atoms with Crippen LogP contribution < -0.4 is 11.1 Å². The third kappa shape index (κ3) is 4.09. The first-order valence-electron chi connectivity index (χ1n) is 6.53. The van der Waals surface area contributed by atoms with Gasteiger partial charge in [0.2, 0.25) is 5.91 Å². The summed E-state index contributed by atoms with van der Waals surface area (Å²) in [6, 6.07) is 7.11. The summed E-state index contributed by atoms with van der Waals surface area (Å²) in [5, 5.41) is 7.04. The van der Waals surface area contributed by atoms with Gasteiger partial charge in [-0.3, -0.25) is 4.79 Å². The number of carbonyl (C=O) groups is 1. The van der Waals surface area contributed by atoms with Crippen molar-refractivity contribution in [2.75, 3.05) is 5.32 Å². The Bertz CT molecular complexity index is 663. The Balaban J connectivity index is 1.89. The normalized spacial score (nSPS) is 10.4. The summed E-state index contributed by atoms with van der Waals surface area (Å²) in [6.45, 7) is 4.20. The van der Waals surface area contributed by atoms with Gasteiger partial charge in [0.25, 0.3) is 0 Å². The van der Waals surface area contributed by atoms with Gasteiger partial charge >= 0.3 is 0 Å². The average molecular weight is 303 g/mol. The number of aromatic nitrogens is 3. The van der Waals surface area contributed by atoms with Crippen LogP contribution in [0.4, 0.5) is 5.69 Å². The zero-order chi connectivity index (χ0) is 15.4. The molecule has 0 fully saturated rings. The Labute approximate surface area is 128 Å². The summed E-state index contributed by atoms with van der Waals surface area (Å²) in [4.78, 5) is 16.4. The summed E-state index contributed by atoms with van der Waals surface area (Å²) in [6.07, 6.45) is 0.334. The maximum Gasteiger partial charge on any atom is 0.226 e. The van der Waals surface area contributed by atoms with Crippen LogP contribution in [-0.2, 0) is 11.3 Å². The minimum Gasteiger partial charge on any atom is -0.389 e. The standard InChI is InChI=1S/C14H17N5OS/c1-9-16-10(2)19(18-9)8-7-13(20)17-12-5-3-11(4-6-12)14(15)21/h3-6H,7-8H2,1-2H3,(H2,15,21)(H,17,20). The molecule has 0 saturated heterocycles. The van der Waals surface area contributed by atoms with Crippen molar-refractivity contribution in [1.82, 2.24) is 14.8 Å². The maximum atomic E-state index is 11.9. The molecule has 3 N–H and O–H groups in total. The number of nitrogens with one attached hydrogen (secondary N) is 1. The number of nitrogens with two attached hydrogens (primary N) is 1. The monoisotopic (exact) mass is 303 g/mol. The van der Waals surface area contributed by atoms with E-state index >= 15 is 0 Å². The molecular weight excluding hydrogens is 286 g/mol. The van der Waals surface area contributed by atoms with Crippen molar-refractivity contribution in [2.45, 2.75) is 26.8 Å². The van der Waals surface area contributed by atoms with Gasteiger partial charge in [-0.1, -0.05) is 12.2 Å². The number of benzene rings is 1. The molecule has 2 rings (SSSR count). The third-order valence-corrected chi connectivity index (χ3v) is 3.20. The van der Waals surface area contributed by atoms with E-state index in [0.717, 1.165) is 11.4 Å². The van der Waals surface area contributed by atoms with Gasteiger partial charge in [-0.25, -0.2) is 9.67 Å². The highest BCUT2D eigenvalue weighted by Gasteiger charge is 2.07. The van der Waals surface area contributed by atoms with Gasteiger partial charge in [0, 0.05) is 17.7 Å². The summed E-state index contributed by atoms with van der Waals surface area (Å²) < 4.78 is 1.73.